The number of hydrogen-bond acceptors (Lipinski definition) is 5. The third-order valence-electron chi connectivity index (χ3n) is 3.00. The molecule has 0 aliphatic heterocycles. The van der Waals surface area contributed by atoms with Crippen molar-refractivity contribution in [3.8, 4) is 6.07 Å². The first-order valence-corrected chi connectivity index (χ1v) is 6.47. The van der Waals surface area contributed by atoms with E-state index in [1.807, 2.05) is 31.2 Å². The third kappa shape index (κ3) is 3.69. The van der Waals surface area contributed by atoms with Crippen molar-refractivity contribution in [1.82, 2.24) is 9.97 Å². The molecule has 0 aliphatic rings. The number of aromatic nitrogens is 2. The highest BCUT2D eigenvalue weighted by Crippen LogP contribution is 2.09. The van der Waals surface area contributed by atoms with E-state index in [1.165, 1.54) is 5.56 Å². The summed E-state index contributed by atoms with van der Waals surface area (Å²) < 4.78 is 0. The Morgan fingerprint density at radius 2 is 2.05 bits per heavy atom. The fourth-order valence-corrected chi connectivity index (χ4v) is 1.82. The van der Waals surface area contributed by atoms with Crippen molar-refractivity contribution >= 4 is 11.6 Å². The zero-order valence-electron chi connectivity index (χ0n) is 11.4. The van der Waals surface area contributed by atoms with Crippen molar-refractivity contribution in [2.45, 2.75) is 19.8 Å². The van der Waals surface area contributed by atoms with E-state index in [2.05, 4.69) is 21.4 Å². The Balaban J connectivity index is 1.92. The molecular weight excluding hydrogens is 250 g/mol. The minimum absolute atomic E-state index is 0.307. The average Bonchev–Trinajstić information content (AvgIpc) is 2.45. The number of aryl methyl sites for hydroxylation is 1. The van der Waals surface area contributed by atoms with Gasteiger partial charge in [0.05, 0.1) is 18.2 Å². The molecule has 0 amide bonds. The fraction of sp³-hybridized carbons (Fsp3) is 0.267. The highest BCUT2D eigenvalue weighted by molar-refractivity contribution is 5.39. The Bertz CT molecular complexity index is 613. The van der Waals surface area contributed by atoms with Gasteiger partial charge >= 0.3 is 0 Å². The molecule has 3 N–H and O–H groups in total. The Hall–Kier alpha value is -2.61. The largest absolute Gasteiger partial charge is 0.399 e. The van der Waals surface area contributed by atoms with Crippen LogP contribution in [0, 0.1) is 18.3 Å². The first-order chi connectivity index (χ1) is 9.69. The van der Waals surface area contributed by atoms with Crippen molar-refractivity contribution < 1.29 is 0 Å². The van der Waals surface area contributed by atoms with Crippen LogP contribution in [-0.2, 0) is 12.8 Å². The second kappa shape index (κ2) is 6.53. The van der Waals surface area contributed by atoms with Crippen LogP contribution in [-0.4, -0.2) is 16.5 Å². The van der Waals surface area contributed by atoms with Crippen molar-refractivity contribution in [2.24, 2.45) is 0 Å². The number of anilines is 2. The van der Waals surface area contributed by atoms with Crippen molar-refractivity contribution in [3.63, 3.8) is 0 Å². The summed E-state index contributed by atoms with van der Waals surface area (Å²) in [6, 6.07) is 9.91. The van der Waals surface area contributed by atoms with Crippen LogP contribution in [0.1, 0.15) is 16.8 Å². The molecule has 1 heterocycles. The summed E-state index contributed by atoms with van der Waals surface area (Å²) in [6.07, 6.45) is 2.91. The lowest BCUT2D eigenvalue weighted by molar-refractivity contribution is 0.955. The van der Waals surface area contributed by atoms with E-state index >= 15 is 0 Å². The standard InChI is InChI=1S/C15H17N5/c1-11-10-19-15(20-14(11)6-8-16)18-9-7-12-2-4-13(17)5-3-12/h2-5,10H,6-7,9,17H2,1H3,(H,18,19,20). The summed E-state index contributed by atoms with van der Waals surface area (Å²) in [5.74, 6) is 0.566. The Morgan fingerprint density at radius 3 is 2.75 bits per heavy atom. The van der Waals surface area contributed by atoms with Gasteiger partial charge in [0, 0.05) is 18.4 Å². The van der Waals surface area contributed by atoms with E-state index in [0.29, 0.717) is 12.4 Å². The molecule has 0 atom stereocenters. The molecule has 0 radical (unpaired) electrons. The van der Waals surface area contributed by atoms with Gasteiger partial charge in [-0.1, -0.05) is 12.1 Å². The molecule has 2 aromatic rings. The van der Waals surface area contributed by atoms with E-state index in [-0.39, 0.29) is 0 Å². The van der Waals surface area contributed by atoms with Gasteiger partial charge in [0.1, 0.15) is 0 Å². The van der Waals surface area contributed by atoms with Gasteiger partial charge in [0.2, 0.25) is 5.95 Å². The van der Waals surface area contributed by atoms with Gasteiger partial charge in [0.15, 0.2) is 0 Å². The number of benzene rings is 1. The van der Waals surface area contributed by atoms with Crippen LogP contribution in [0.4, 0.5) is 11.6 Å². The third-order valence-corrected chi connectivity index (χ3v) is 3.00. The minimum atomic E-state index is 0.307. The molecule has 1 aromatic heterocycles. The molecule has 1 aromatic carbocycles. The summed E-state index contributed by atoms with van der Waals surface area (Å²) in [4.78, 5) is 8.56. The predicted molar refractivity (Wildman–Crippen MR) is 79.1 cm³/mol. The number of nitrogens with two attached hydrogens (primary N) is 1. The monoisotopic (exact) mass is 267 g/mol. The van der Waals surface area contributed by atoms with Gasteiger partial charge < -0.3 is 11.1 Å². The zero-order chi connectivity index (χ0) is 14.4. The number of nitrogens with zero attached hydrogens (tertiary/aromatic N) is 3. The summed E-state index contributed by atoms with van der Waals surface area (Å²) in [5, 5.41) is 11.9. The van der Waals surface area contributed by atoms with E-state index in [4.69, 9.17) is 11.0 Å². The van der Waals surface area contributed by atoms with Crippen LogP contribution in [0.5, 0.6) is 0 Å². The van der Waals surface area contributed by atoms with Gasteiger partial charge in [-0.15, -0.1) is 0 Å². The van der Waals surface area contributed by atoms with Gasteiger partial charge in [-0.2, -0.15) is 5.26 Å². The molecule has 102 valence electrons. The highest BCUT2D eigenvalue weighted by Gasteiger charge is 2.03. The van der Waals surface area contributed by atoms with Crippen LogP contribution >= 0.6 is 0 Å². The summed E-state index contributed by atoms with van der Waals surface area (Å²) >= 11 is 0. The second-order valence-corrected chi connectivity index (χ2v) is 4.58. The maximum Gasteiger partial charge on any atom is 0.222 e. The Kier molecular flexibility index (Phi) is 4.51. The molecule has 2 rings (SSSR count). The van der Waals surface area contributed by atoms with Crippen LogP contribution in [0.3, 0.4) is 0 Å². The van der Waals surface area contributed by atoms with Crippen molar-refractivity contribution in [3.05, 3.63) is 47.3 Å². The van der Waals surface area contributed by atoms with Crippen molar-refractivity contribution in [1.29, 1.82) is 5.26 Å². The molecule has 20 heavy (non-hydrogen) atoms. The van der Waals surface area contributed by atoms with Gasteiger partial charge in [-0.3, -0.25) is 0 Å². The maximum absolute atomic E-state index is 8.74. The molecule has 5 heteroatoms. The van der Waals surface area contributed by atoms with E-state index in [0.717, 1.165) is 29.9 Å². The maximum atomic E-state index is 8.74. The Labute approximate surface area is 118 Å². The molecule has 0 unspecified atom stereocenters. The average molecular weight is 267 g/mol. The first kappa shape index (κ1) is 13.8. The smallest absolute Gasteiger partial charge is 0.222 e. The number of hydrogen-bond donors (Lipinski definition) is 2. The topological polar surface area (TPSA) is 87.6 Å². The quantitative estimate of drug-likeness (QED) is 0.810. The minimum Gasteiger partial charge on any atom is -0.399 e. The van der Waals surface area contributed by atoms with Crippen LogP contribution in [0.2, 0.25) is 0 Å². The molecule has 0 saturated heterocycles. The van der Waals surface area contributed by atoms with Crippen LogP contribution in [0.15, 0.2) is 30.5 Å². The molecule has 0 spiro atoms. The van der Waals surface area contributed by atoms with Crippen LogP contribution < -0.4 is 11.1 Å². The number of nitrogens with one attached hydrogen (secondary N) is 1. The van der Waals surface area contributed by atoms with E-state index < -0.39 is 0 Å². The van der Waals surface area contributed by atoms with E-state index in [9.17, 15) is 0 Å². The lowest BCUT2D eigenvalue weighted by Gasteiger charge is -2.07. The van der Waals surface area contributed by atoms with E-state index in [1.54, 1.807) is 6.20 Å². The molecule has 0 fully saturated rings. The fourth-order valence-electron chi connectivity index (χ4n) is 1.82. The normalized spacial score (nSPS) is 10.0. The van der Waals surface area contributed by atoms with Crippen molar-refractivity contribution in [2.75, 3.05) is 17.6 Å². The predicted octanol–water partition coefficient (Wildman–Crippen LogP) is 2.09. The summed E-state index contributed by atoms with van der Waals surface area (Å²) in [7, 11) is 0. The zero-order valence-corrected chi connectivity index (χ0v) is 11.4. The van der Waals surface area contributed by atoms with Crippen LogP contribution in [0.25, 0.3) is 0 Å². The summed E-state index contributed by atoms with van der Waals surface area (Å²) in [5.41, 5.74) is 9.33. The molecule has 0 saturated carbocycles. The second-order valence-electron chi connectivity index (χ2n) is 4.58. The SMILES string of the molecule is Cc1cnc(NCCc2ccc(N)cc2)nc1CC#N. The molecular formula is C15H17N5. The molecule has 0 bridgehead atoms. The lowest BCUT2D eigenvalue weighted by Crippen LogP contribution is -2.09. The first-order valence-electron chi connectivity index (χ1n) is 6.47. The summed E-state index contributed by atoms with van der Waals surface area (Å²) in [6.45, 7) is 2.64. The molecule has 0 aliphatic carbocycles. The number of rotatable bonds is 5. The number of nitrogen functional groups attached to an aromatic ring is 1. The Morgan fingerprint density at radius 1 is 1.30 bits per heavy atom. The molecule has 5 nitrogen and oxygen atoms in total. The van der Waals surface area contributed by atoms with Gasteiger partial charge in [-0.05, 0) is 36.6 Å². The highest BCUT2D eigenvalue weighted by atomic mass is 15.1. The number of nitriles is 1. The van der Waals surface area contributed by atoms with Gasteiger partial charge in [-0.25, -0.2) is 9.97 Å². The van der Waals surface area contributed by atoms with Gasteiger partial charge in [0.25, 0.3) is 0 Å². The lowest BCUT2D eigenvalue weighted by atomic mass is 10.1.